The van der Waals surface area contributed by atoms with Gasteiger partial charge in [-0.25, -0.2) is 4.98 Å². The number of aromatic amines is 1. The molecule has 0 saturated heterocycles. The highest BCUT2D eigenvalue weighted by atomic mass is 16.1. The lowest BCUT2D eigenvalue weighted by atomic mass is 10.3. The number of amides is 1. The van der Waals surface area contributed by atoms with Crippen molar-refractivity contribution in [1.29, 1.82) is 0 Å². The molecule has 1 rings (SSSR count). The average molecular weight is 177 g/mol. The first-order valence-electron chi connectivity index (χ1n) is 4.07. The highest BCUT2D eigenvalue weighted by Crippen LogP contribution is 1.99. The fourth-order valence-electron chi connectivity index (χ4n) is 0.852. The van der Waals surface area contributed by atoms with Crippen LogP contribution in [-0.4, -0.2) is 15.9 Å². The van der Waals surface area contributed by atoms with Crippen molar-refractivity contribution in [3.05, 3.63) is 17.7 Å². The molecular formula is C9H11N3O. The van der Waals surface area contributed by atoms with Crippen molar-refractivity contribution in [2.45, 2.75) is 19.8 Å². The highest BCUT2D eigenvalue weighted by molar-refractivity contribution is 5.92. The second-order valence-corrected chi connectivity index (χ2v) is 2.54. The number of H-pyrrole nitrogens is 1. The minimum Gasteiger partial charge on any atom is -0.364 e. The molecule has 1 amide bonds. The molecule has 0 spiro atoms. The molecule has 4 nitrogen and oxygen atoms in total. The van der Waals surface area contributed by atoms with Crippen LogP contribution in [0.25, 0.3) is 0 Å². The Bertz CT molecular complexity index is 356. The molecule has 1 heterocycles. The molecule has 0 saturated carbocycles. The lowest BCUT2D eigenvalue weighted by Gasteiger charge is -1.87. The van der Waals surface area contributed by atoms with E-state index in [9.17, 15) is 4.79 Å². The Morgan fingerprint density at radius 1 is 1.77 bits per heavy atom. The maximum Gasteiger partial charge on any atom is 0.270 e. The number of hydrogen-bond acceptors (Lipinski definition) is 2. The Morgan fingerprint density at radius 2 is 2.54 bits per heavy atom. The summed E-state index contributed by atoms with van der Waals surface area (Å²) in [5.74, 6) is 5.16. The molecule has 0 bridgehead atoms. The molecule has 3 N–H and O–H groups in total. The van der Waals surface area contributed by atoms with Gasteiger partial charge in [0.05, 0.1) is 6.33 Å². The number of nitrogens with zero attached hydrogens (tertiary/aromatic N) is 1. The minimum absolute atomic E-state index is 0.212. The number of hydrogen-bond donors (Lipinski definition) is 2. The number of nitrogens with two attached hydrogens (primary N) is 1. The van der Waals surface area contributed by atoms with Gasteiger partial charge in [0.15, 0.2) is 5.69 Å². The zero-order chi connectivity index (χ0) is 9.68. The predicted octanol–water partition coefficient (Wildman–Crippen LogP) is 0.660. The first-order valence-corrected chi connectivity index (χ1v) is 4.07. The molecule has 0 aliphatic heterocycles. The standard InChI is InChI=1S/C9H11N3O/c1-2-3-4-5-7-8(9(10)13)12-6-11-7/h6H,2-3H2,1H3,(H2,10,13)(H,11,12). The summed E-state index contributed by atoms with van der Waals surface area (Å²) in [5, 5.41) is 0. The number of carbonyl (C=O) groups is 1. The Labute approximate surface area is 76.6 Å². The summed E-state index contributed by atoms with van der Waals surface area (Å²) in [6, 6.07) is 0. The zero-order valence-electron chi connectivity index (χ0n) is 7.42. The van der Waals surface area contributed by atoms with Crippen LogP contribution >= 0.6 is 0 Å². The molecule has 0 aliphatic rings. The van der Waals surface area contributed by atoms with E-state index in [0.29, 0.717) is 5.69 Å². The minimum atomic E-state index is -0.554. The molecule has 68 valence electrons. The van der Waals surface area contributed by atoms with Gasteiger partial charge in [0.2, 0.25) is 0 Å². The van der Waals surface area contributed by atoms with E-state index in [0.717, 1.165) is 12.8 Å². The maximum atomic E-state index is 10.8. The summed E-state index contributed by atoms with van der Waals surface area (Å²) in [4.78, 5) is 17.3. The van der Waals surface area contributed by atoms with Crippen LogP contribution in [0, 0.1) is 11.8 Å². The van der Waals surface area contributed by atoms with Crippen LogP contribution in [0.4, 0.5) is 0 Å². The monoisotopic (exact) mass is 177 g/mol. The van der Waals surface area contributed by atoms with Gasteiger partial charge in [0.25, 0.3) is 5.91 Å². The summed E-state index contributed by atoms with van der Waals surface area (Å²) < 4.78 is 0. The largest absolute Gasteiger partial charge is 0.364 e. The van der Waals surface area contributed by atoms with Gasteiger partial charge in [-0.1, -0.05) is 12.8 Å². The molecule has 13 heavy (non-hydrogen) atoms. The van der Waals surface area contributed by atoms with E-state index in [2.05, 4.69) is 21.8 Å². The summed E-state index contributed by atoms with van der Waals surface area (Å²) in [5.41, 5.74) is 5.79. The number of imidazole rings is 1. The molecule has 0 radical (unpaired) electrons. The number of aromatic nitrogens is 2. The van der Waals surface area contributed by atoms with Crippen molar-refractivity contribution < 1.29 is 4.79 Å². The molecular weight excluding hydrogens is 166 g/mol. The first-order chi connectivity index (χ1) is 6.25. The molecule has 1 aromatic heterocycles. The number of nitrogens with one attached hydrogen (secondary N) is 1. The smallest absolute Gasteiger partial charge is 0.270 e. The van der Waals surface area contributed by atoms with E-state index in [1.165, 1.54) is 6.33 Å². The molecule has 0 atom stereocenters. The normalized spacial score (nSPS) is 9.00. The van der Waals surface area contributed by atoms with Crippen molar-refractivity contribution in [3.63, 3.8) is 0 Å². The second-order valence-electron chi connectivity index (χ2n) is 2.54. The Morgan fingerprint density at radius 3 is 3.15 bits per heavy atom. The molecule has 1 aromatic rings. The lowest BCUT2D eigenvalue weighted by molar-refractivity contribution is 0.0996. The third-order valence-corrected chi connectivity index (χ3v) is 1.46. The molecule has 4 heteroatoms. The van der Waals surface area contributed by atoms with Gasteiger partial charge >= 0.3 is 0 Å². The van der Waals surface area contributed by atoms with Gasteiger partial charge in [-0.3, -0.25) is 4.79 Å². The third kappa shape index (κ3) is 2.34. The molecule has 0 aromatic carbocycles. The topological polar surface area (TPSA) is 71.8 Å². The number of unbranched alkanes of at least 4 members (excludes halogenated alkanes) is 1. The predicted molar refractivity (Wildman–Crippen MR) is 48.9 cm³/mol. The van der Waals surface area contributed by atoms with Gasteiger partial charge in [0, 0.05) is 6.42 Å². The fraction of sp³-hybridized carbons (Fsp3) is 0.333. The van der Waals surface area contributed by atoms with Crippen molar-refractivity contribution in [1.82, 2.24) is 9.97 Å². The Balaban J connectivity index is 2.84. The van der Waals surface area contributed by atoms with E-state index in [1.54, 1.807) is 0 Å². The van der Waals surface area contributed by atoms with Gasteiger partial charge in [-0.2, -0.15) is 0 Å². The van der Waals surface area contributed by atoms with E-state index in [4.69, 9.17) is 5.73 Å². The Hall–Kier alpha value is -1.76. The van der Waals surface area contributed by atoms with E-state index >= 15 is 0 Å². The van der Waals surface area contributed by atoms with Gasteiger partial charge < -0.3 is 10.7 Å². The van der Waals surface area contributed by atoms with Crippen molar-refractivity contribution in [2.24, 2.45) is 5.73 Å². The quantitative estimate of drug-likeness (QED) is 0.651. The van der Waals surface area contributed by atoms with Gasteiger partial charge in [-0.05, 0) is 12.3 Å². The summed E-state index contributed by atoms with van der Waals surface area (Å²) in [6.45, 7) is 2.04. The third-order valence-electron chi connectivity index (χ3n) is 1.46. The van der Waals surface area contributed by atoms with Crippen molar-refractivity contribution >= 4 is 5.91 Å². The van der Waals surface area contributed by atoms with Crippen molar-refractivity contribution in [3.8, 4) is 11.8 Å². The molecule has 0 fully saturated rings. The zero-order valence-corrected chi connectivity index (χ0v) is 7.42. The van der Waals surface area contributed by atoms with Crippen molar-refractivity contribution in [2.75, 3.05) is 0 Å². The maximum absolute atomic E-state index is 10.8. The van der Waals surface area contributed by atoms with E-state index in [1.807, 2.05) is 6.92 Å². The van der Waals surface area contributed by atoms with Gasteiger partial charge in [0.1, 0.15) is 5.69 Å². The SMILES string of the molecule is CCCC#Cc1[nH]cnc1C(N)=O. The fourth-order valence-corrected chi connectivity index (χ4v) is 0.852. The lowest BCUT2D eigenvalue weighted by Crippen LogP contribution is -2.12. The van der Waals surface area contributed by atoms with Crippen LogP contribution in [0.2, 0.25) is 0 Å². The average Bonchev–Trinajstić information content (AvgIpc) is 2.53. The second kappa shape index (κ2) is 4.31. The van der Waals surface area contributed by atoms with Gasteiger partial charge in [-0.15, -0.1) is 0 Å². The molecule has 0 unspecified atom stereocenters. The summed E-state index contributed by atoms with van der Waals surface area (Å²) >= 11 is 0. The first kappa shape index (κ1) is 9.33. The van der Waals surface area contributed by atoms with Crippen LogP contribution < -0.4 is 5.73 Å². The summed E-state index contributed by atoms with van der Waals surface area (Å²) in [6.07, 6.45) is 3.21. The summed E-state index contributed by atoms with van der Waals surface area (Å²) in [7, 11) is 0. The number of primary amides is 1. The van der Waals surface area contributed by atoms with E-state index < -0.39 is 5.91 Å². The van der Waals surface area contributed by atoms with E-state index in [-0.39, 0.29) is 5.69 Å². The van der Waals surface area contributed by atoms with Crippen LogP contribution in [0.3, 0.4) is 0 Å². The van der Waals surface area contributed by atoms with Crippen LogP contribution in [0.1, 0.15) is 35.9 Å². The van der Waals surface area contributed by atoms with Crippen LogP contribution in [-0.2, 0) is 0 Å². The number of rotatable bonds is 2. The Kier molecular flexibility index (Phi) is 3.09. The van der Waals surface area contributed by atoms with Crippen LogP contribution in [0.15, 0.2) is 6.33 Å². The highest BCUT2D eigenvalue weighted by Gasteiger charge is 2.07. The number of carbonyl (C=O) groups excluding carboxylic acids is 1. The van der Waals surface area contributed by atoms with Crippen LogP contribution in [0.5, 0.6) is 0 Å². The molecule has 0 aliphatic carbocycles.